The Morgan fingerprint density at radius 2 is 1.97 bits per heavy atom. The monoisotopic (exact) mass is 446 g/mol. The first kappa shape index (κ1) is 21.5. The van der Waals surface area contributed by atoms with Crippen LogP contribution >= 0.6 is 11.3 Å². The van der Waals surface area contributed by atoms with Gasteiger partial charge in [0.05, 0.1) is 12.5 Å². The lowest BCUT2D eigenvalue weighted by Crippen LogP contribution is -2.21. The van der Waals surface area contributed by atoms with Crippen molar-refractivity contribution in [1.82, 2.24) is 0 Å². The summed E-state index contributed by atoms with van der Waals surface area (Å²) in [6.07, 6.45) is 2.06. The van der Waals surface area contributed by atoms with Gasteiger partial charge in [-0.3, -0.25) is 0 Å². The summed E-state index contributed by atoms with van der Waals surface area (Å²) in [5.41, 5.74) is 8.07. The molecule has 1 unspecified atom stereocenters. The van der Waals surface area contributed by atoms with Crippen LogP contribution in [0.3, 0.4) is 0 Å². The van der Waals surface area contributed by atoms with Crippen molar-refractivity contribution in [1.29, 1.82) is 5.26 Å². The molecule has 1 atom stereocenters. The van der Waals surface area contributed by atoms with Crippen LogP contribution in [0.4, 0.5) is 0 Å². The molecule has 162 valence electrons. The van der Waals surface area contributed by atoms with Crippen molar-refractivity contribution in [3.05, 3.63) is 87.4 Å². The fraction of sp³-hybridized carbons (Fsp3) is 0.200. The third kappa shape index (κ3) is 4.46. The molecule has 6 nitrogen and oxygen atoms in total. The molecule has 0 fully saturated rings. The number of nitrogens with two attached hydrogens (primary N) is 1. The average molecular weight is 447 g/mol. The Morgan fingerprint density at radius 3 is 2.66 bits per heavy atom. The second-order valence-corrected chi connectivity index (χ2v) is 8.21. The van der Waals surface area contributed by atoms with Gasteiger partial charge in [-0.1, -0.05) is 37.6 Å². The van der Waals surface area contributed by atoms with Crippen LogP contribution in [0.1, 0.15) is 46.5 Å². The Hall–Kier alpha value is -3.76. The van der Waals surface area contributed by atoms with E-state index in [2.05, 4.69) is 13.0 Å². The molecule has 4 rings (SSSR count). The summed E-state index contributed by atoms with van der Waals surface area (Å²) >= 11 is 1.31. The zero-order valence-corrected chi connectivity index (χ0v) is 18.4. The lowest BCUT2D eigenvalue weighted by Gasteiger charge is -2.26. The van der Waals surface area contributed by atoms with Gasteiger partial charge in [-0.15, -0.1) is 11.3 Å². The van der Waals surface area contributed by atoms with Crippen molar-refractivity contribution in [2.45, 2.75) is 25.7 Å². The molecule has 32 heavy (non-hydrogen) atoms. The maximum Gasteiger partial charge on any atom is 0.353 e. The van der Waals surface area contributed by atoms with E-state index in [1.165, 1.54) is 11.3 Å². The van der Waals surface area contributed by atoms with E-state index in [9.17, 15) is 10.1 Å². The Morgan fingerprint density at radius 1 is 1.19 bits per heavy atom. The number of rotatable bonds is 7. The summed E-state index contributed by atoms with van der Waals surface area (Å²) in [7, 11) is 0. The maximum atomic E-state index is 12.3. The van der Waals surface area contributed by atoms with Crippen LogP contribution in [0.15, 0.2) is 71.4 Å². The number of allylic oxidation sites excluding steroid dienone is 1. The van der Waals surface area contributed by atoms with Gasteiger partial charge in [0, 0.05) is 11.6 Å². The molecule has 0 amide bonds. The van der Waals surface area contributed by atoms with Crippen LogP contribution in [0.5, 0.6) is 17.2 Å². The van der Waals surface area contributed by atoms with E-state index in [0.29, 0.717) is 28.6 Å². The quantitative estimate of drug-likeness (QED) is 0.298. The summed E-state index contributed by atoms with van der Waals surface area (Å²) in [6.45, 7) is 2.78. The van der Waals surface area contributed by atoms with Crippen LogP contribution in [-0.2, 0) is 0 Å². The average Bonchev–Trinajstić information content (AvgIpc) is 3.34. The molecule has 1 aliphatic rings. The smallest absolute Gasteiger partial charge is 0.353 e. The van der Waals surface area contributed by atoms with E-state index in [-0.39, 0.29) is 5.88 Å². The highest BCUT2D eigenvalue weighted by molar-refractivity contribution is 7.12. The first-order chi connectivity index (χ1) is 15.6. The van der Waals surface area contributed by atoms with E-state index in [1.807, 2.05) is 29.6 Å². The Kier molecular flexibility index (Phi) is 6.43. The highest BCUT2D eigenvalue weighted by Crippen LogP contribution is 2.43. The Bertz CT molecular complexity index is 1180. The minimum Gasteiger partial charge on any atom is -0.494 e. The number of esters is 1. The van der Waals surface area contributed by atoms with Gasteiger partial charge in [0.25, 0.3) is 0 Å². The van der Waals surface area contributed by atoms with E-state index in [1.54, 1.807) is 30.3 Å². The zero-order valence-electron chi connectivity index (χ0n) is 17.5. The van der Waals surface area contributed by atoms with Crippen LogP contribution < -0.4 is 19.9 Å². The first-order valence-corrected chi connectivity index (χ1v) is 11.2. The molecule has 7 heteroatoms. The predicted molar refractivity (Wildman–Crippen MR) is 122 cm³/mol. The largest absolute Gasteiger partial charge is 0.494 e. The van der Waals surface area contributed by atoms with Gasteiger partial charge < -0.3 is 19.9 Å². The number of nitriles is 1. The van der Waals surface area contributed by atoms with Crippen molar-refractivity contribution >= 4 is 17.3 Å². The number of carbonyl (C=O) groups is 1. The minimum atomic E-state index is -0.438. The van der Waals surface area contributed by atoms with E-state index in [4.69, 9.17) is 19.9 Å². The summed E-state index contributed by atoms with van der Waals surface area (Å²) < 4.78 is 16.9. The van der Waals surface area contributed by atoms with E-state index < -0.39 is 11.9 Å². The first-order valence-electron chi connectivity index (χ1n) is 10.3. The molecule has 0 radical (unpaired) electrons. The zero-order chi connectivity index (χ0) is 22.5. The second kappa shape index (κ2) is 9.58. The molecule has 0 spiro atoms. The van der Waals surface area contributed by atoms with Crippen LogP contribution in [-0.4, -0.2) is 12.6 Å². The van der Waals surface area contributed by atoms with Crippen LogP contribution in [0, 0.1) is 11.3 Å². The molecule has 2 N–H and O–H groups in total. The molecular formula is C25H22N2O4S. The van der Waals surface area contributed by atoms with E-state index >= 15 is 0 Å². The lowest BCUT2D eigenvalue weighted by molar-refractivity contribution is 0.0739. The number of unbranched alkanes of at least 4 members (excludes halogenated alkanes) is 1. The van der Waals surface area contributed by atoms with Crippen LogP contribution in [0.2, 0.25) is 0 Å². The van der Waals surface area contributed by atoms with Gasteiger partial charge in [0.2, 0.25) is 5.88 Å². The fourth-order valence-electron chi connectivity index (χ4n) is 3.49. The normalized spacial score (nSPS) is 14.8. The molecule has 1 aliphatic heterocycles. The SMILES string of the molecule is CCCCOc1ccc(C2C(C#N)=C(N)Oc3cc(OC(=O)c4cccs4)ccc32)cc1. The van der Waals surface area contributed by atoms with Crippen molar-refractivity contribution in [2.75, 3.05) is 6.61 Å². The standard InChI is InChI=1S/C25H22N2O4S/c1-2-3-12-29-17-8-6-16(7-9-17)23-19-11-10-18(30-25(28)22-5-4-13-32-22)14-21(19)31-24(27)20(23)15-26/h4-11,13-14,23H,2-3,12,27H2,1H3. The predicted octanol–water partition coefficient (Wildman–Crippen LogP) is 5.36. The Labute approximate surface area is 190 Å². The number of thiophene rings is 1. The third-order valence-corrected chi connectivity index (χ3v) is 5.95. The van der Waals surface area contributed by atoms with Crippen molar-refractivity contribution in [3.63, 3.8) is 0 Å². The molecule has 0 saturated carbocycles. The topological polar surface area (TPSA) is 94.6 Å². The third-order valence-electron chi connectivity index (χ3n) is 5.10. The van der Waals surface area contributed by atoms with Crippen molar-refractivity contribution < 1.29 is 19.0 Å². The number of carbonyl (C=O) groups excluding carboxylic acids is 1. The van der Waals surface area contributed by atoms with Crippen molar-refractivity contribution in [3.8, 4) is 23.3 Å². The molecule has 0 bridgehead atoms. The lowest BCUT2D eigenvalue weighted by atomic mass is 9.83. The summed E-state index contributed by atoms with van der Waals surface area (Å²) in [5.74, 6) is 0.776. The van der Waals surface area contributed by atoms with Gasteiger partial charge >= 0.3 is 5.97 Å². The number of hydrogen-bond acceptors (Lipinski definition) is 7. The molecule has 1 aromatic heterocycles. The number of hydrogen-bond donors (Lipinski definition) is 1. The van der Waals surface area contributed by atoms with Gasteiger partial charge in [0.15, 0.2) is 0 Å². The van der Waals surface area contributed by atoms with Gasteiger partial charge in [0.1, 0.15) is 33.8 Å². The molecule has 0 saturated heterocycles. The molecular weight excluding hydrogens is 424 g/mol. The summed E-state index contributed by atoms with van der Waals surface area (Å²) in [4.78, 5) is 12.8. The number of benzene rings is 2. The number of ether oxygens (including phenoxy) is 3. The highest BCUT2D eigenvalue weighted by Gasteiger charge is 2.31. The molecule has 2 aromatic carbocycles. The van der Waals surface area contributed by atoms with Gasteiger partial charge in [-0.05, 0) is 41.6 Å². The van der Waals surface area contributed by atoms with Crippen LogP contribution in [0.25, 0.3) is 0 Å². The van der Waals surface area contributed by atoms with Crippen molar-refractivity contribution in [2.24, 2.45) is 5.73 Å². The molecule has 2 heterocycles. The molecule has 0 aliphatic carbocycles. The van der Waals surface area contributed by atoms with Gasteiger partial charge in [-0.2, -0.15) is 5.26 Å². The molecule has 3 aromatic rings. The summed E-state index contributed by atoms with van der Waals surface area (Å²) in [5, 5.41) is 11.5. The highest BCUT2D eigenvalue weighted by atomic mass is 32.1. The number of fused-ring (bicyclic) bond motifs is 1. The maximum absolute atomic E-state index is 12.3. The minimum absolute atomic E-state index is 0.0370. The Balaban J connectivity index is 1.62. The van der Waals surface area contributed by atoms with E-state index in [0.717, 1.165) is 29.7 Å². The fourth-order valence-corrected chi connectivity index (χ4v) is 4.08. The summed E-state index contributed by atoms with van der Waals surface area (Å²) in [6, 6.07) is 18.4. The number of nitrogens with zero attached hydrogens (tertiary/aromatic N) is 1. The second-order valence-electron chi connectivity index (χ2n) is 7.26. The van der Waals surface area contributed by atoms with Gasteiger partial charge in [-0.25, -0.2) is 4.79 Å².